The second kappa shape index (κ2) is 5.35. The first-order chi connectivity index (χ1) is 9.95. The number of halogens is 2. The molecule has 1 fully saturated rings. The highest BCUT2D eigenvalue weighted by atomic mass is 35.5. The van der Waals surface area contributed by atoms with E-state index in [-0.39, 0.29) is 17.7 Å². The van der Waals surface area contributed by atoms with Crippen molar-refractivity contribution in [2.24, 2.45) is 29.4 Å². The van der Waals surface area contributed by atoms with Gasteiger partial charge in [0.1, 0.15) is 0 Å². The highest BCUT2D eigenvalue weighted by molar-refractivity contribution is 6.35. The SMILES string of the molecule is NC(=O)C1C2C=CC(C2)C1C(=O)Nc1cc(Cl)cc(Cl)c1. The monoisotopic (exact) mass is 324 g/mol. The van der Waals surface area contributed by atoms with Gasteiger partial charge in [-0.2, -0.15) is 0 Å². The number of nitrogens with one attached hydrogen (secondary N) is 1. The number of hydrogen-bond donors (Lipinski definition) is 2. The Labute approximate surface area is 132 Å². The molecule has 4 unspecified atom stereocenters. The lowest BCUT2D eigenvalue weighted by Gasteiger charge is -2.24. The van der Waals surface area contributed by atoms with Crippen LogP contribution in [0.15, 0.2) is 30.4 Å². The lowest BCUT2D eigenvalue weighted by molar-refractivity contribution is -0.130. The minimum absolute atomic E-state index is 0.0714. The number of nitrogens with two attached hydrogens (primary N) is 1. The molecule has 1 aromatic rings. The van der Waals surface area contributed by atoms with Crippen LogP contribution in [0.4, 0.5) is 5.69 Å². The number of anilines is 1. The van der Waals surface area contributed by atoms with Gasteiger partial charge in [0.2, 0.25) is 11.8 Å². The van der Waals surface area contributed by atoms with E-state index in [2.05, 4.69) is 5.32 Å². The van der Waals surface area contributed by atoms with E-state index in [4.69, 9.17) is 28.9 Å². The summed E-state index contributed by atoms with van der Waals surface area (Å²) in [7, 11) is 0. The van der Waals surface area contributed by atoms with Crippen molar-refractivity contribution in [1.82, 2.24) is 0 Å². The van der Waals surface area contributed by atoms with Crippen LogP contribution in [0.1, 0.15) is 6.42 Å². The molecule has 110 valence electrons. The van der Waals surface area contributed by atoms with Crippen molar-refractivity contribution in [2.75, 3.05) is 5.32 Å². The van der Waals surface area contributed by atoms with Gasteiger partial charge in [0.15, 0.2) is 0 Å². The molecule has 0 heterocycles. The van der Waals surface area contributed by atoms with E-state index in [1.54, 1.807) is 18.2 Å². The molecule has 0 spiro atoms. The zero-order chi connectivity index (χ0) is 15.1. The Morgan fingerprint density at radius 1 is 1.05 bits per heavy atom. The van der Waals surface area contributed by atoms with Gasteiger partial charge in [-0.1, -0.05) is 35.4 Å². The Bertz CT molecular complexity index is 624. The largest absolute Gasteiger partial charge is 0.369 e. The van der Waals surface area contributed by atoms with E-state index < -0.39 is 17.7 Å². The molecule has 4 atom stereocenters. The van der Waals surface area contributed by atoms with E-state index in [1.807, 2.05) is 12.2 Å². The molecule has 21 heavy (non-hydrogen) atoms. The van der Waals surface area contributed by atoms with Crippen molar-refractivity contribution < 1.29 is 9.59 Å². The van der Waals surface area contributed by atoms with Crippen molar-refractivity contribution in [3.05, 3.63) is 40.4 Å². The van der Waals surface area contributed by atoms with E-state index in [0.717, 1.165) is 6.42 Å². The maximum atomic E-state index is 12.5. The first-order valence-corrected chi connectivity index (χ1v) is 7.46. The Morgan fingerprint density at radius 2 is 1.62 bits per heavy atom. The second-order valence-electron chi connectivity index (χ2n) is 5.55. The summed E-state index contributed by atoms with van der Waals surface area (Å²) in [6.07, 6.45) is 4.79. The molecular weight excluding hydrogens is 311 g/mol. The van der Waals surface area contributed by atoms with Crippen LogP contribution in [-0.2, 0) is 9.59 Å². The fourth-order valence-electron chi connectivity index (χ4n) is 3.42. The molecule has 0 saturated heterocycles. The fourth-order valence-corrected chi connectivity index (χ4v) is 3.95. The number of allylic oxidation sites excluding steroid dienone is 2. The normalized spacial score (nSPS) is 29.6. The Hall–Kier alpha value is -1.52. The van der Waals surface area contributed by atoms with Gasteiger partial charge in [0.05, 0.1) is 11.8 Å². The second-order valence-corrected chi connectivity index (χ2v) is 6.42. The first-order valence-electron chi connectivity index (χ1n) is 6.70. The van der Waals surface area contributed by atoms with Crippen molar-refractivity contribution >= 4 is 40.7 Å². The number of fused-ring (bicyclic) bond motifs is 2. The van der Waals surface area contributed by atoms with Crippen LogP contribution in [0.3, 0.4) is 0 Å². The highest BCUT2D eigenvalue weighted by Crippen LogP contribution is 2.48. The highest BCUT2D eigenvalue weighted by Gasteiger charge is 2.50. The zero-order valence-electron chi connectivity index (χ0n) is 11.1. The van der Waals surface area contributed by atoms with Gasteiger partial charge in [0.25, 0.3) is 0 Å². The van der Waals surface area contributed by atoms with Crippen LogP contribution < -0.4 is 11.1 Å². The van der Waals surface area contributed by atoms with Gasteiger partial charge >= 0.3 is 0 Å². The van der Waals surface area contributed by atoms with Gasteiger partial charge in [0, 0.05) is 15.7 Å². The van der Waals surface area contributed by atoms with Crippen LogP contribution in [-0.4, -0.2) is 11.8 Å². The summed E-state index contributed by atoms with van der Waals surface area (Å²) in [5.74, 6) is -1.34. The molecule has 0 radical (unpaired) electrons. The summed E-state index contributed by atoms with van der Waals surface area (Å²) >= 11 is 11.8. The summed E-state index contributed by atoms with van der Waals surface area (Å²) in [6, 6.07) is 4.83. The Balaban J connectivity index is 1.82. The van der Waals surface area contributed by atoms with Crippen LogP contribution >= 0.6 is 23.2 Å². The molecule has 2 aliphatic rings. The van der Waals surface area contributed by atoms with Crippen molar-refractivity contribution in [1.29, 1.82) is 0 Å². The number of hydrogen-bond acceptors (Lipinski definition) is 2. The van der Waals surface area contributed by atoms with E-state index in [9.17, 15) is 9.59 Å². The molecule has 1 aromatic carbocycles. The smallest absolute Gasteiger partial charge is 0.228 e. The van der Waals surface area contributed by atoms with Crippen molar-refractivity contribution in [3.63, 3.8) is 0 Å². The van der Waals surface area contributed by atoms with E-state index in [0.29, 0.717) is 15.7 Å². The van der Waals surface area contributed by atoms with Gasteiger partial charge in [-0.05, 0) is 36.5 Å². The molecule has 2 bridgehead atoms. The molecule has 2 amide bonds. The number of rotatable bonds is 3. The topological polar surface area (TPSA) is 72.2 Å². The third-order valence-electron chi connectivity index (χ3n) is 4.22. The number of amides is 2. The predicted molar refractivity (Wildman–Crippen MR) is 82.0 cm³/mol. The van der Waals surface area contributed by atoms with Crippen LogP contribution in [0.2, 0.25) is 10.0 Å². The molecule has 0 aliphatic heterocycles. The van der Waals surface area contributed by atoms with Crippen LogP contribution in [0, 0.1) is 23.7 Å². The molecule has 6 heteroatoms. The minimum Gasteiger partial charge on any atom is -0.369 e. The minimum atomic E-state index is -0.436. The molecular formula is C15H14Cl2N2O2. The molecule has 4 nitrogen and oxygen atoms in total. The summed E-state index contributed by atoms with van der Waals surface area (Å²) in [4.78, 5) is 24.1. The molecule has 3 N–H and O–H groups in total. The Morgan fingerprint density at radius 3 is 2.19 bits per heavy atom. The number of carbonyl (C=O) groups is 2. The number of carbonyl (C=O) groups excluding carboxylic acids is 2. The zero-order valence-corrected chi connectivity index (χ0v) is 12.6. The third kappa shape index (κ3) is 2.65. The standard InChI is InChI=1S/C15H14Cl2N2O2/c16-9-4-10(17)6-11(5-9)19-15(21)13-8-2-1-7(3-8)12(13)14(18)20/h1-2,4-8,12-13H,3H2,(H2,18,20)(H,19,21). The van der Waals surface area contributed by atoms with Gasteiger partial charge in [-0.3, -0.25) is 9.59 Å². The molecule has 1 saturated carbocycles. The Kier molecular flexibility index (Phi) is 3.68. The lowest BCUT2D eigenvalue weighted by atomic mass is 9.82. The summed E-state index contributed by atoms with van der Waals surface area (Å²) in [5, 5.41) is 3.67. The maximum absolute atomic E-state index is 12.5. The van der Waals surface area contributed by atoms with Gasteiger partial charge < -0.3 is 11.1 Å². The quantitative estimate of drug-likeness (QED) is 0.839. The number of benzene rings is 1. The van der Waals surface area contributed by atoms with Gasteiger partial charge in [-0.15, -0.1) is 0 Å². The summed E-state index contributed by atoms with van der Waals surface area (Å²) < 4.78 is 0. The first kappa shape index (κ1) is 14.4. The molecule has 0 aromatic heterocycles. The number of primary amides is 1. The fraction of sp³-hybridized carbons (Fsp3) is 0.333. The van der Waals surface area contributed by atoms with Crippen LogP contribution in [0.25, 0.3) is 0 Å². The van der Waals surface area contributed by atoms with Crippen molar-refractivity contribution in [2.45, 2.75) is 6.42 Å². The lowest BCUT2D eigenvalue weighted by Crippen LogP contribution is -2.39. The summed E-state index contributed by atoms with van der Waals surface area (Å²) in [6.45, 7) is 0. The van der Waals surface area contributed by atoms with E-state index in [1.165, 1.54) is 0 Å². The summed E-state index contributed by atoms with van der Waals surface area (Å²) in [5.41, 5.74) is 5.98. The van der Waals surface area contributed by atoms with Crippen LogP contribution in [0.5, 0.6) is 0 Å². The predicted octanol–water partition coefficient (Wildman–Crippen LogP) is 2.86. The molecule has 3 rings (SSSR count). The average molecular weight is 325 g/mol. The van der Waals surface area contributed by atoms with Gasteiger partial charge in [-0.25, -0.2) is 0 Å². The van der Waals surface area contributed by atoms with E-state index >= 15 is 0 Å². The third-order valence-corrected chi connectivity index (χ3v) is 4.66. The molecule has 2 aliphatic carbocycles. The average Bonchev–Trinajstić information content (AvgIpc) is 2.96. The maximum Gasteiger partial charge on any atom is 0.228 e. The van der Waals surface area contributed by atoms with Crippen molar-refractivity contribution in [3.8, 4) is 0 Å².